The van der Waals surface area contributed by atoms with Gasteiger partial charge in [0.1, 0.15) is 0 Å². The first-order valence-electron chi connectivity index (χ1n) is 7.57. The number of benzene rings is 2. The van der Waals surface area contributed by atoms with E-state index in [-0.39, 0.29) is 17.1 Å². The van der Waals surface area contributed by atoms with Crippen molar-refractivity contribution in [3.8, 4) is 0 Å². The number of sulfonamides is 1. The van der Waals surface area contributed by atoms with E-state index in [2.05, 4.69) is 4.99 Å². The van der Waals surface area contributed by atoms with Gasteiger partial charge in [-0.2, -0.15) is 0 Å². The Morgan fingerprint density at radius 2 is 1.96 bits per heavy atom. The molecule has 1 heterocycles. The number of non-ortho nitro benzene ring substituents is 1. The van der Waals surface area contributed by atoms with Crippen LogP contribution < -0.4 is 0 Å². The summed E-state index contributed by atoms with van der Waals surface area (Å²) in [6.45, 7) is 0.645. The van der Waals surface area contributed by atoms with Crippen molar-refractivity contribution in [2.24, 2.45) is 4.99 Å². The minimum Gasteiger partial charge on any atom is -0.260 e. The predicted molar refractivity (Wildman–Crippen MR) is 102 cm³/mol. The molecule has 0 atom stereocenters. The van der Waals surface area contributed by atoms with Crippen LogP contribution in [0.4, 0.5) is 5.69 Å². The first-order chi connectivity index (χ1) is 12.4. The van der Waals surface area contributed by atoms with Crippen LogP contribution in [0.5, 0.6) is 0 Å². The summed E-state index contributed by atoms with van der Waals surface area (Å²) >= 11 is 7.06. The lowest BCUT2D eigenvalue weighted by Gasteiger charge is -2.19. The molecule has 10 heteroatoms. The molecule has 0 bridgehead atoms. The molecule has 2 aromatic carbocycles. The van der Waals surface area contributed by atoms with Crippen LogP contribution in [-0.4, -0.2) is 35.9 Å². The van der Waals surface area contributed by atoms with Gasteiger partial charge >= 0.3 is 0 Å². The van der Waals surface area contributed by atoms with Gasteiger partial charge in [-0.05, 0) is 29.8 Å². The number of halogens is 1. The third-order valence-corrected chi connectivity index (χ3v) is 6.91. The SMILES string of the molecule is O=[N+]([O-])c1cccc(CSC2=NCCN2S(=O)(=O)c2ccc(Cl)cc2)c1. The van der Waals surface area contributed by atoms with Crippen molar-refractivity contribution in [2.45, 2.75) is 10.6 Å². The van der Waals surface area contributed by atoms with E-state index in [4.69, 9.17) is 11.6 Å². The Hall–Kier alpha value is -2.10. The number of nitro groups is 1. The third-order valence-electron chi connectivity index (χ3n) is 3.65. The van der Waals surface area contributed by atoms with E-state index in [9.17, 15) is 18.5 Å². The highest BCUT2D eigenvalue weighted by Gasteiger charge is 2.30. The van der Waals surface area contributed by atoms with Gasteiger partial charge in [0.25, 0.3) is 15.7 Å². The molecule has 136 valence electrons. The van der Waals surface area contributed by atoms with E-state index in [1.165, 1.54) is 52.5 Å². The molecule has 7 nitrogen and oxygen atoms in total. The average Bonchev–Trinajstić information content (AvgIpc) is 3.10. The number of hydrogen-bond acceptors (Lipinski definition) is 6. The van der Waals surface area contributed by atoms with Crippen molar-refractivity contribution < 1.29 is 13.3 Å². The van der Waals surface area contributed by atoms with Crippen LogP contribution in [0.15, 0.2) is 58.4 Å². The van der Waals surface area contributed by atoms with Crippen LogP contribution >= 0.6 is 23.4 Å². The second-order valence-electron chi connectivity index (χ2n) is 5.41. The molecule has 0 aliphatic carbocycles. The Morgan fingerprint density at radius 1 is 1.23 bits per heavy atom. The van der Waals surface area contributed by atoms with Crippen LogP contribution in [0.1, 0.15) is 5.56 Å². The van der Waals surface area contributed by atoms with Gasteiger partial charge in [-0.1, -0.05) is 35.5 Å². The van der Waals surface area contributed by atoms with Crippen molar-refractivity contribution in [2.75, 3.05) is 13.1 Å². The minimum atomic E-state index is -3.72. The molecule has 0 radical (unpaired) electrons. The van der Waals surface area contributed by atoms with Crippen LogP contribution in [0, 0.1) is 10.1 Å². The van der Waals surface area contributed by atoms with Gasteiger partial charge < -0.3 is 0 Å². The van der Waals surface area contributed by atoms with Gasteiger partial charge in [0, 0.05) is 22.9 Å². The van der Waals surface area contributed by atoms with Gasteiger partial charge in [0.15, 0.2) is 5.17 Å². The van der Waals surface area contributed by atoms with E-state index in [0.29, 0.717) is 22.5 Å². The number of nitro benzene ring substituents is 1. The molecule has 0 N–H and O–H groups in total. The van der Waals surface area contributed by atoms with Crippen LogP contribution in [0.25, 0.3) is 0 Å². The molecule has 0 aromatic heterocycles. The Morgan fingerprint density at radius 3 is 2.65 bits per heavy atom. The second kappa shape index (κ2) is 7.65. The molecular formula is C16H14ClN3O4S2. The van der Waals surface area contributed by atoms with Crippen molar-refractivity contribution in [3.05, 3.63) is 69.2 Å². The average molecular weight is 412 g/mol. The maximum atomic E-state index is 12.8. The summed E-state index contributed by atoms with van der Waals surface area (Å²) in [4.78, 5) is 14.8. The predicted octanol–water partition coefficient (Wildman–Crippen LogP) is 3.54. The lowest BCUT2D eigenvalue weighted by molar-refractivity contribution is -0.384. The highest BCUT2D eigenvalue weighted by molar-refractivity contribution is 8.14. The van der Waals surface area contributed by atoms with Crippen LogP contribution in [-0.2, 0) is 15.8 Å². The molecule has 0 unspecified atom stereocenters. The van der Waals surface area contributed by atoms with Gasteiger partial charge in [-0.15, -0.1) is 0 Å². The fraction of sp³-hybridized carbons (Fsp3) is 0.188. The minimum absolute atomic E-state index is 0.00195. The van der Waals surface area contributed by atoms with Crippen LogP contribution in [0.2, 0.25) is 5.02 Å². The topological polar surface area (TPSA) is 92.9 Å². The summed E-state index contributed by atoms with van der Waals surface area (Å²) in [5.41, 5.74) is 0.727. The van der Waals surface area contributed by atoms with Gasteiger partial charge in [0.05, 0.1) is 22.9 Å². The molecule has 0 spiro atoms. The largest absolute Gasteiger partial charge is 0.269 e. The number of nitrogens with zero attached hydrogens (tertiary/aromatic N) is 3. The zero-order valence-corrected chi connectivity index (χ0v) is 15.8. The molecule has 0 fully saturated rings. The zero-order chi connectivity index (χ0) is 18.7. The van der Waals surface area contributed by atoms with E-state index < -0.39 is 14.9 Å². The summed E-state index contributed by atoms with van der Waals surface area (Å²) in [5, 5.41) is 11.7. The lowest BCUT2D eigenvalue weighted by Crippen LogP contribution is -2.32. The first kappa shape index (κ1) is 18.7. The lowest BCUT2D eigenvalue weighted by atomic mass is 10.2. The Kier molecular flexibility index (Phi) is 5.49. The summed E-state index contributed by atoms with van der Waals surface area (Å²) in [5.74, 6) is 0.382. The summed E-state index contributed by atoms with van der Waals surface area (Å²) in [7, 11) is -3.72. The maximum absolute atomic E-state index is 12.8. The molecule has 26 heavy (non-hydrogen) atoms. The van der Waals surface area contributed by atoms with E-state index in [1.807, 2.05) is 0 Å². The molecule has 3 rings (SSSR count). The Bertz CT molecular complexity index is 962. The number of amidine groups is 1. The van der Waals surface area contributed by atoms with Crippen molar-refractivity contribution >= 4 is 44.2 Å². The van der Waals surface area contributed by atoms with Gasteiger partial charge in [-0.25, -0.2) is 12.7 Å². The molecule has 0 saturated heterocycles. The van der Waals surface area contributed by atoms with Crippen molar-refractivity contribution in [3.63, 3.8) is 0 Å². The standard InChI is InChI=1S/C16H14ClN3O4S2/c17-13-4-6-15(7-5-13)26(23,24)19-9-8-18-16(19)25-11-12-2-1-3-14(10-12)20(21)22/h1-7,10H,8-9,11H2. The van der Waals surface area contributed by atoms with E-state index in [1.54, 1.807) is 12.1 Å². The molecule has 1 aliphatic rings. The van der Waals surface area contributed by atoms with Crippen LogP contribution in [0.3, 0.4) is 0 Å². The number of rotatable bonds is 5. The monoisotopic (exact) mass is 411 g/mol. The number of hydrogen-bond donors (Lipinski definition) is 0. The summed E-state index contributed by atoms with van der Waals surface area (Å²) in [6, 6.07) is 12.2. The van der Waals surface area contributed by atoms with Crippen molar-refractivity contribution in [1.82, 2.24) is 4.31 Å². The number of aliphatic imine (C=N–C) groups is 1. The third kappa shape index (κ3) is 4.00. The van der Waals surface area contributed by atoms with E-state index >= 15 is 0 Å². The molecule has 0 amide bonds. The quantitative estimate of drug-likeness (QED) is 0.554. The number of thioether (sulfide) groups is 1. The van der Waals surface area contributed by atoms with Crippen molar-refractivity contribution in [1.29, 1.82) is 0 Å². The first-order valence-corrected chi connectivity index (χ1v) is 10.4. The smallest absolute Gasteiger partial charge is 0.260 e. The second-order valence-corrected chi connectivity index (χ2v) is 8.65. The van der Waals surface area contributed by atoms with E-state index in [0.717, 1.165) is 5.56 Å². The van der Waals surface area contributed by atoms with Gasteiger partial charge in [-0.3, -0.25) is 15.1 Å². The molecular weight excluding hydrogens is 398 g/mol. The zero-order valence-electron chi connectivity index (χ0n) is 13.4. The molecule has 0 saturated carbocycles. The highest BCUT2D eigenvalue weighted by Crippen LogP contribution is 2.27. The highest BCUT2D eigenvalue weighted by atomic mass is 35.5. The maximum Gasteiger partial charge on any atom is 0.269 e. The Labute approximate surface area is 159 Å². The fourth-order valence-electron chi connectivity index (χ4n) is 2.39. The summed E-state index contributed by atoms with van der Waals surface area (Å²) in [6.07, 6.45) is 0. The fourth-order valence-corrected chi connectivity index (χ4v) is 5.18. The normalized spacial score (nSPS) is 14.3. The molecule has 2 aromatic rings. The Balaban J connectivity index is 1.75. The molecule has 1 aliphatic heterocycles. The summed E-state index contributed by atoms with van der Waals surface area (Å²) < 4.78 is 26.9. The van der Waals surface area contributed by atoms with Gasteiger partial charge in [0.2, 0.25) is 0 Å².